The van der Waals surface area contributed by atoms with E-state index in [1.54, 1.807) is 12.3 Å². The van der Waals surface area contributed by atoms with Crippen LogP contribution in [0.3, 0.4) is 0 Å². The van der Waals surface area contributed by atoms with Crippen LogP contribution in [0, 0.1) is 12.8 Å². The third-order valence-corrected chi connectivity index (χ3v) is 7.75. The Morgan fingerprint density at radius 3 is 2.97 bits per heavy atom. The highest BCUT2D eigenvalue weighted by atomic mass is 32.2. The Bertz CT molecular complexity index is 1190. The zero-order valence-corrected chi connectivity index (χ0v) is 20.5. The third-order valence-electron chi connectivity index (χ3n) is 5.61. The maximum atomic E-state index is 12.8. The first-order valence-electron chi connectivity index (χ1n) is 10.7. The topological polar surface area (TPSA) is 99.2 Å². The largest absolute Gasteiger partial charge is 0.469 e. The van der Waals surface area contributed by atoms with Gasteiger partial charge in [0.25, 0.3) is 0 Å². The average Bonchev–Trinajstić information content (AvgIpc) is 3.48. The first-order chi connectivity index (χ1) is 15.9. The minimum atomic E-state index is -0.407. The molecule has 3 aromatic rings. The number of fused-ring (bicyclic) bond motifs is 1. The predicted molar refractivity (Wildman–Crippen MR) is 129 cm³/mol. The van der Waals surface area contributed by atoms with Gasteiger partial charge in [-0.2, -0.15) is 0 Å². The maximum absolute atomic E-state index is 12.8. The summed E-state index contributed by atoms with van der Waals surface area (Å²) in [5.41, 5.74) is 2.36. The van der Waals surface area contributed by atoms with Crippen molar-refractivity contribution < 1.29 is 18.7 Å². The molecule has 0 aliphatic heterocycles. The molecule has 174 valence electrons. The van der Waals surface area contributed by atoms with Crippen molar-refractivity contribution >= 4 is 40.0 Å². The van der Waals surface area contributed by atoms with Crippen molar-refractivity contribution in [2.24, 2.45) is 5.92 Å². The first-order valence-corrected chi connectivity index (χ1v) is 12.5. The number of hydrogen-bond donors (Lipinski definition) is 1. The minimum Gasteiger partial charge on any atom is -0.469 e. The van der Waals surface area contributed by atoms with Gasteiger partial charge >= 0.3 is 5.97 Å². The molecule has 4 rings (SSSR count). The smallest absolute Gasteiger partial charge is 0.341 e. The second kappa shape index (κ2) is 9.96. The van der Waals surface area contributed by atoms with Crippen molar-refractivity contribution in [1.29, 1.82) is 0 Å². The molecule has 3 heterocycles. The molecule has 0 saturated heterocycles. The number of aryl methyl sites for hydroxylation is 1. The summed E-state index contributed by atoms with van der Waals surface area (Å²) in [5.74, 6) is 1.47. The lowest BCUT2D eigenvalue weighted by atomic mass is 9.88. The molecular formula is C23H26N4O4S2. The van der Waals surface area contributed by atoms with Gasteiger partial charge in [0.05, 0.1) is 30.3 Å². The molecule has 0 saturated carbocycles. The Labute approximate surface area is 200 Å². The number of esters is 1. The molecule has 1 N–H and O–H groups in total. The molecule has 1 unspecified atom stereocenters. The van der Waals surface area contributed by atoms with E-state index in [0.29, 0.717) is 34.0 Å². The number of carbonyl (C=O) groups is 2. The van der Waals surface area contributed by atoms with E-state index < -0.39 is 5.97 Å². The van der Waals surface area contributed by atoms with Crippen molar-refractivity contribution in [3.05, 3.63) is 46.7 Å². The Hall–Kier alpha value is -2.85. The Morgan fingerprint density at radius 1 is 1.45 bits per heavy atom. The molecular weight excluding hydrogens is 460 g/mol. The summed E-state index contributed by atoms with van der Waals surface area (Å²) in [6.07, 6.45) is 6.12. The second-order valence-corrected chi connectivity index (χ2v) is 10.0. The fraction of sp³-hybridized carbons (Fsp3) is 0.391. The highest BCUT2D eigenvalue weighted by molar-refractivity contribution is 7.99. The van der Waals surface area contributed by atoms with Crippen molar-refractivity contribution in [3.63, 3.8) is 0 Å². The fourth-order valence-corrected chi connectivity index (χ4v) is 6.12. The molecule has 0 aromatic carbocycles. The molecule has 1 aliphatic carbocycles. The molecule has 0 spiro atoms. The van der Waals surface area contributed by atoms with Gasteiger partial charge in [-0.25, -0.2) is 4.79 Å². The van der Waals surface area contributed by atoms with Gasteiger partial charge in [-0.3, -0.25) is 9.36 Å². The number of carbonyl (C=O) groups excluding carboxylic acids is 2. The van der Waals surface area contributed by atoms with E-state index in [4.69, 9.17) is 9.15 Å². The lowest BCUT2D eigenvalue weighted by Crippen LogP contribution is -2.17. The molecule has 0 radical (unpaired) electrons. The summed E-state index contributed by atoms with van der Waals surface area (Å²) in [6, 6.07) is 1.84. The summed E-state index contributed by atoms with van der Waals surface area (Å²) in [6.45, 7) is 8.38. The molecule has 1 amide bonds. The van der Waals surface area contributed by atoms with Crippen molar-refractivity contribution in [2.45, 2.75) is 44.8 Å². The highest BCUT2D eigenvalue weighted by Crippen LogP contribution is 2.40. The molecule has 10 heteroatoms. The quantitative estimate of drug-likeness (QED) is 0.279. The lowest BCUT2D eigenvalue weighted by molar-refractivity contribution is -0.113. The van der Waals surface area contributed by atoms with Crippen LogP contribution in [-0.4, -0.2) is 39.5 Å². The van der Waals surface area contributed by atoms with Gasteiger partial charge in [0.1, 0.15) is 10.8 Å². The van der Waals surface area contributed by atoms with Crippen LogP contribution >= 0.6 is 23.1 Å². The van der Waals surface area contributed by atoms with Crippen LogP contribution in [0.5, 0.6) is 0 Å². The van der Waals surface area contributed by atoms with Crippen LogP contribution in [-0.2, 0) is 28.9 Å². The van der Waals surface area contributed by atoms with Crippen LogP contribution in [0.15, 0.2) is 34.6 Å². The van der Waals surface area contributed by atoms with Gasteiger partial charge in [-0.05, 0) is 43.7 Å². The predicted octanol–water partition coefficient (Wildman–Crippen LogP) is 4.74. The average molecular weight is 487 g/mol. The zero-order chi connectivity index (χ0) is 23.5. The van der Waals surface area contributed by atoms with Crippen LogP contribution in [0.2, 0.25) is 0 Å². The van der Waals surface area contributed by atoms with Gasteiger partial charge in [0.2, 0.25) is 5.91 Å². The summed E-state index contributed by atoms with van der Waals surface area (Å²) in [5, 5.41) is 12.7. The fourth-order valence-electron chi connectivity index (χ4n) is 3.96. The Balaban J connectivity index is 1.51. The van der Waals surface area contributed by atoms with E-state index in [0.717, 1.165) is 41.0 Å². The van der Waals surface area contributed by atoms with Crippen LogP contribution < -0.4 is 5.32 Å². The third kappa shape index (κ3) is 4.77. The van der Waals surface area contributed by atoms with Gasteiger partial charge in [-0.15, -0.1) is 28.1 Å². The number of amides is 1. The van der Waals surface area contributed by atoms with Gasteiger partial charge in [0, 0.05) is 11.4 Å². The van der Waals surface area contributed by atoms with Crippen LogP contribution in [0.25, 0.3) is 11.4 Å². The number of methoxy groups -OCH3 is 1. The molecule has 8 nitrogen and oxygen atoms in total. The molecule has 1 atom stereocenters. The number of hydrogen-bond acceptors (Lipinski definition) is 8. The Kier molecular flexibility index (Phi) is 7.04. The summed E-state index contributed by atoms with van der Waals surface area (Å²) in [7, 11) is 1.37. The number of rotatable bonds is 8. The number of furan rings is 1. The van der Waals surface area contributed by atoms with Crippen molar-refractivity contribution in [1.82, 2.24) is 14.8 Å². The molecule has 3 aromatic heterocycles. The SMILES string of the molecule is C=CCn1c(SCC(=O)Nc2sc3c(c2C(=O)OC)CCC(C)C3)nnc1-c1ccoc1C. The molecule has 0 bridgehead atoms. The number of allylic oxidation sites excluding steroid dienone is 1. The van der Waals surface area contributed by atoms with Crippen molar-refractivity contribution in [3.8, 4) is 11.4 Å². The van der Waals surface area contributed by atoms with E-state index in [-0.39, 0.29) is 11.7 Å². The number of nitrogens with zero attached hydrogens (tertiary/aromatic N) is 3. The van der Waals surface area contributed by atoms with Crippen molar-refractivity contribution in [2.75, 3.05) is 18.2 Å². The normalized spacial score (nSPS) is 15.2. The molecule has 33 heavy (non-hydrogen) atoms. The lowest BCUT2D eigenvalue weighted by Gasteiger charge is -2.18. The standard InChI is InChI=1S/C23H26N4O4S2/c1-5-9-27-20(15-8-10-31-14(15)3)25-26-23(27)32-12-18(28)24-21-19(22(29)30-4)16-7-6-13(2)11-17(16)33-21/h5,8,10,13H,1,6-7,9,11-12H2,2-4H3,(H,24,28). The summed E-state index contributed by atoms with van der Waals surface area (Å²) < 4.78 is 12.3. The molecule has 0 fully saturated rings. The second-order valence-electron chi connectivity index (χ2n) is 7.98. The van der Waals surface area contributed by atoms with E-state index in [9.17, 15) is 9.59 Å². The summed E-state index contributed by atoms with van der Waals surface area (Å²) >= 11 is 2.76. The number of ether oxygens (including phenoxy) is 1. The van der Waals surface area contributed by atoms with E-state index >= 15 is 0 Å². The van der Waals surface area contributed by atoms with Crippen LogP contribution in [0.1, 0.15) is 39.9 Å². The van der Waals surface area contributed by atoms with Crippen LogP contribution in [0.4, 0.5) is 5.00 Å². The minimum absolute atomic E-state index is 0.124. The number of anilines is 1. The maximum Gasteiger partial charge on any atom is 0.341 e. The first kappa shape index (κ1) is 23.3. The highest BCUT2D eigenvalue weighted by Gasteiger charge is 2.29. The number of thiophene rings is 1. The number of thioether (sulfide) groups is 1. The number of aromatic nitrogens is 3. The van der Waals surface area contributed by atoms with Gasteiger partial charge in [-0.1, -0.05) is 24.8 Å². The van der Waals surface area contributed by atoms with E-state index in [2.05, 4.69) is 29.0 Å². The Morgan fingerprint density at radius 2 is 2.27 bits per heavy atom. The summed E-state index contributed by atoms with van der Waals surface area (Å²) in [4.78, 5) is 26.4. The van der Waals surface area contributed by atoms with E-state index in [1.807, 2.05) is 17.6 Å². The van der Waals surface area contributed by atoms with E-state index in [1.165, 1.54) is 30.2 Å². The molecule has 1 aliphatic rings. The monoisotopic (exact) mass is 486 g/mol. The number of nitrogens with one attached hydrogen (secondary N) is 1. The zero-order valence-electron chi connectivity index (χ0n) is 18.8. The van der Waals surface area contributed by atoms with Gasteiger partial charge in [0.15, 0.2) is 11.0 Å². The van der Waals surface area contributed by atoms with Gasteiger partial charge < -0.3 is 14.5 Å².